The molecule has 8 heteroatoms. The second kappa shape index (κ2) is 6.46. The first-order valence-corrected chi connectivity index (χ1v) is 8.61. The van der Waals surface area contributed by atoms with Crippen LogP contribution < -0.4 is 20.9 Å². The molecule has 3 aromatic rings. The molecule has 0 radical (unpaired) electrons. The van der Waals surface area contributed by atoms with Crippen molar-refractivity contribution in [2.24, 2.45) is 0 Å². The van der Waals surface area contributed by atoms with E-state index in [1.807, 2.05) is 4.90 Å². The van der Waals surface area contributed by atoms with Crippen molar-refractivity contribution in [1.29, 1.82) is 0 Å². The maximum absolute atomic E-state index is 14.6. The molecule has 0 amide bonds. The number of rotatable bonds is 3. The Kier molecular flexibility index (Phi) is 4.10. The zero-order chi connectivity index (χ0) is 19.1. The molecule has 1 aliphatic heterocycles. The van der Waals surface area contributed by atoms with E-state index in [0.717, 1.165) is 18.9 Å². The van der Waals surface area contributed by atoms with Crippen molar-refractivity contribution in [3.8, 4) is 11.4 Å². The molecule has 1 aromatic heterocycles. The minimum atomic E-state index is -0.952. The lowest BCUT2D eigenvalue weighted by atomic mass is 10.2. The number of methoxy groups -OCH3 is 1. The van der Waals surface area contributed by atoms with Gasteiger partial charge in [-0.15, -0.1) is 0 Å². The Morgan fingerprint density at radius 2 is 1.74 bits per heavy atom. The van der Waals surface area contributed by atoms with Crippen LogP contribution in [-0.4, -0.2) is 34.7 Å². The van der Waals surface area contributed by atoms with Crippen molar-refractivity contribution < 1.29 is 14.3 Å². The first kappa shape index (κ1) is 17.1. The normalized spacial score (nSPS) is 14.1. The van der Waals surface area contributed by atoms with Crippen LogP contribution in [0.2, 0.25) is 0 Å². The Bertz CT molecular complexity index is 1130. The standard InChI is InChI=1S/C19H18FN3O4/c1-27-13-6-4-12(5-7-13)22-16-11-17(21-8-2-3-9-21)15(20)10-14(16)18(24)23(26)19(22)25/h4-7,10-11,26H,2-3,8-9H2,1H3. The van der Waals surface area contributed by atoms with Crippen molar-refractivity contribution in [1.82, 2.24) is 9.30 Å². The molecule has 0 unspecified atom stereocenters. The molecular weight excluding hydrogens is 353 g/mol. The quantitative estimate of drug-likeness (QED) is 0.714. The number of benzene rings is 2. The fourth-order valence-electron chi connectivity index (χ4n) is 3.49. The molecular formula is C19H18FN3O4. The summed E-state index contributed by atoms with van der Waals surface area (Å²) in [5.41, 5.74) is -0.864. The second-order valence-corrected chi connectivity index (χ2v) is 6.45. The summed E-state index contributed by atoms with van der Waals surface area (Å²) in [7, 11) is 1.52. The number of fused-ring (bicyclic) bond motifs is 1. The van der Waals surface area contributed by atoms with Crippen LogP contribution in [0.15, 0.2) is 46.0 Å². The average Bonchev–Trinajstić information content (AvgIpc) is 3.21. The Balaban J connectivity index is 2.04. The lowest BCUT2D eigenvalue weighted by Gasteiger charge is -2.20. The topological polar surface area (TPSA) is 76.7 Å². The summed E-state index contributed by atoms with van der Waals surface area (Å²) in [4.78, 5) is 26.8. The van der Waals surface area contributed by atoms with Gasteiger partial charge < -0.3 is 14.8 Å². The maximum Gasteiger partial charge on any atom is 0.369 e. The van der Waals surface area contributed by atoms with Crippen molar-refractivity contribution in [2.45, 2.75) is 12.8 Å². The van der Waals surface area contributed by atoms with E-state index in [4.69, 9.17) is 4.74 Å². The fraction of sp³-hybridized carbons (Fsp3) is 0.263. The van der Waals surface area contributed by atoms with Gasteiger partial charge in [0.15, 0.2) is 0 Å². The molecule has 0 bridgehead atoms. The summed E-state index contributed by atoms with van der Waals surface area (Å²) >= 11 is 0. The van der Waals surface area contributed by atoms with Crippen molar-refractivity contribution in [3.05, 3.63) is 63.1 Å². The third-order valence-electron chi connectivity index (χ3n) is 4.88. The second-order valence-electron chi connectivity index (χ2n) is 6.45. The zero-order valence-electron chi connectivity index (χ0n) is 14.7. The van der Waals surface area contributed by atoms with Gasteiger partial charge in [-0.05, 0) is 49.2 Å². The van der Waals surface area contributed by atoms with Gasteiger partial charge in [-0.3, -0.25) is 9.36 Å². The molecule has 1 aliphatic rings. The highest BCUT2D eigenvalue weighted by molar-refractivity contribution is 5.84. The monoisotopic (exact) mass is 371 g/mol. The Morgan fingerprint density at radius 3 is 2.37 bits per heavy atom. The summed E-state index contributed by atoms with van der Waals surface area (Å²) in [6.45, 7) is 1.43. The molecule has 1 saturated heterocycles. The molecule has 0 atom stereocenters. The summed E-state index contributed by atoms with van der Waals surface area (Å²) in [6.07, 6.45) is 1.92. The molecule has 2 heterocycles. The van der Waals surface area contributed by atoms with Crippen LogP contribution in [-0.2, 0) is 0 Å². The van der Waals surface area contributed by atoms with Gasteiger partial charge in [0.2, 0.25) is 0 Å². The van der Waals surface area contributed by atoms with Crippen LogP contribution in [0.4, 0.5) is 10.1 Å². The van der Waals surface area contributed by atoms with E-state index >= 15 is 0 Å². The first-order valence-electron chi connectivity index (χ1n) is 8.61. The molecule has 7 nitrogen and oxygen atoms in total. The van der Waals surface area contributed by atoms with Crippen LogP contribution in [0.1, 0.15) is 12.8 Å². The number of hydrogen-bond acceptors (Lipinski definition) is 5. The molecule has 0 spiro atoms. The molecule has 0 aliphatic carbocycles. The molecule has 140 valence electrons. The lowest BCUT2D eigenvalue weighted by molar-refractivity contribution is 0.160. The Morgan fingerprint density at radius 1 is 1.07 bits per heavy atom. The third kappa shape index (κ3) is 2.73. The summed E-state index contributed by atoms with van der Waals surface area (Å²) in [5, 5.41) is 9.86. The Hall–Kier alpha value is -3.29. The fourth-order valence-corrected chi connectivity index (χ4v) is 3.49. The third-order valence-corrected chi connectivity index (χ3v) is 4.88. The van der Waals surface area contributed by atoms with Crippen molar-refractivity contribution in [3.63, 3.8) is 0 Å². The molecule has 0 saturated carbocycles. The molecule has 1 fully saturated rings. The molecule has 2 aromatic carbocycles. The summed E-state index contributed by atoms with van der Waals surface area (Å²) < 4.78 is 21.0. The van der Waals surface area contributed by atoms with E-state index in [-0.39, 0.29) is 15.6 Å². The molecule has 4 rings (SSSR count). The van der Waals surface area contributed by atoms with Gasteiger partial charge in [-0.2, -0.15) is 0 Å². The number of nitrogens with zero attached hydrogens (tertiary/aromatic N) is 3. The maximum atomic E-state index is 14.6. The zero-order valence-corrected chi connectivity index (χ0v) is 14.7. The number of halogens is 1. The predicted molar refractivity (Wildman–Crippen MR) is 98.9 cm³/mol. The summed E-state index contributed by atoms with van der Waals surface area (Å²) in [6, 6.07) is 9.16. The van der Waals surface area contributed by atoms with E-state index in [1.54, 1.807) is 24.3 Å². The first-order chi connectivity index (χ1) is 13.0. The SMILES string of the molecule is COc1ccc(-n2c(=O)n(O)c(=O)c3cc(F)c(N4CCCC4)cc32)cc1. The lowest BCUT2D eigenvalue weighted by Crippen LogP contribution is -2.38. The minimum Gasteiger partial charge on any atom is -0.497 e. The van der Waals surface area contributed by atoms with Gasteiger partial charge >= 0.3 is 5.69 Å². The minimum absolute atomic E-state index is 0.00152. The number of hydrogen-bond donors (Lipinski definition) is 1. The van der Waals surface area contributed by atoms with Crippen LogP contribution in [0.5, 0.6) is 5.75 Å². The van der Waals surface area contributed by atoms with Gasteiger partial charge in [0, 0.05) is 13.1 Å². The van der Waals surface area contributed by atoms with Crippen LogP contribution >= 0.6 is 0 Å². The highest BCUT2D eigenvalue weighted by Crippen LogP contribution is 2.28. The highest BCUT2D eigenvalue weighted by atomic mass is 19.1. The highest BCUT2D eigenvalue weighted by Gasteiger charge is 2.21. The van der Waals surface area contributed by atoms with Gasteiger partial charge in [-0.1, -0.05) is 4.73 Å². The number of ether oxygens (including phenoxy) is 1. The van der Waals surface area contributed by atoms with Gasteiger partial charge in [0.25, 0.3) is 5.56 Å². The molecule has 27 heavy (non-hydrogen) atoms. The van der Waals surface area contributed by atoms with Gasteiger partial charge in [0.05, 0.1) is 29.4 Å². The van der Waals surface area contributed by atoms with E-state index in [9.17, 15) is 19.2 Å². The van der Waals surface area contributed by atoms with Crippen LogP contribution in [0, 0.1) is 5.82 Å². The average molecular weight is 371 g/mol. The predicted octanol–water partition coefficient (Wildman–Crippen LogP) is 2.14. The molecule has 1 N–H and O–H groups in total. The van der Waals surface area contributed by atoms with E-state index in [2.05, 4.69) is 0 Å². The number of aromatic nitrogens is 2. The van der Waals surface area contributed by atoms with Crippen LogP contribution in [0.3, 0.4) is 0 Å². The van der Waals surface area contributed by atoms with Gasteiger partial charge in [-0.25, -0.2) is 9.18 Å². The van der Waals surface area contributed by atoms with Crippen molar-refractivity contribution >= 4 is 16.6 Å². The van der Waals surface area contributed by atoms with E-state index < -0.39 is 17.1 Å². The van der Waals surface area contributed by atoms with Crippen LogP contribution in [0.25, 0.3) is 16.6 Å². The Labute approximate surface area is 153 Å². The smallest absolute Gasteiger partial charge is 0.369 e. The summed E-state index contributed by atoms with van der Waals surface area (Å²) in [5.74, 6) is 0.0404. The largest absolute Gasteiger partial charge is 0.497 e. The number of anilines is 1. The van der Waals surface area contributed by atoms with E-state index in [1.165, 1.54) is 17.7 Å². The van der Waals surface area contributed by atoms with E-state index in [0.29, 0.717) is 30.2 Å². The van der Waals surface area contributed by atoms with Gasteiger partial charge in [0.1, 0.15) is 11.6 Å². The van der Waals surface area contributed by atoms with Crippen molar-refractivity contribution in [2.75, 3.05) is 25.1 Å².